The van der Waals surface area contributed by atoms with Gasteiger partial charge in [0.15, 0.2) is 0 Å². The van der Waals surface area contributed by atoms with Gasteiger partial charge in [0.05, 0.1) is 0 Å². The molecule has 2 N–H and O–H groups in total. The van der Waals surface area contributed by atoms with Crippen molar-refractivity contribution in [3.8, 4) is 0 Å². The van der Waals surface area contributed by atoms with E-state index in [1.54, 1.807) is 0 Å². The monoisotopic (exact) mass is 261 g/mol. The fourth-order valence-electron chi connectivity index (χ4n) is 3.62. The Labute approximate surface area is 110 Å². The third kappa shape index (κ3) is 4.06. The van der Waals surface area contributed by atoms with Crippen molar-refractivity contribution in [3.63, 3.8) is 0 Å². The van der Waals surface area contributed by atoms with Crippen LogP contribution in [0.3, 0.4) is 0 Å². The predicted molar refractivity (Wildman–Crippen MR) is 70.7 cm³/mol. The minimum atomic E-state index is -0.840. The van der Waals surface area contributed by atoms with Crippen molar-refractivity contribution in [3.05, 3.63) is 0 Å². The van der Waals surface area contributed by atoms with Crippen molar-refractivity contribution in [2.75, 3.05) is 0 Å². The number of carboxylic acid groups (broad SMARTS) is 1. The zero-order valence-corrected chi connectivity index (χ0v) is 11.2. The molecule has 100 valence electrons. The average molecular weight is 262 g/mol. The third-order valence-electron chi connectivity index (χ3n) is 4.38. The SMILES string of the molecule is Cl.O=C(O)NC1CCCCC1C1CCCCC1. The molecule has 3 nitrogen and oxygen atoms in total. The first-order valence-electron chi connectivity index (χ1n) is 6.77. The van der Waals surface area contributed by atoms with E-state index in [0.29, 0.717) is 5.92 Å². The molecule has 0 saturated heterocycles. The second kappa shape index (κ2) is 7.10. The Morgan fingerprint density at radius 2 is 1.53 bits per heavy atom. The van der Waals surface area contributed by atoms with Gasteiger partial charge in [-0.3, -0.25) is 0 Å². The Bertz CT molecular complexity index is 242. The predicted octanol–water partition coefficient (Wildman–Crippen LogP) is 3.81. The van der Waals surface area contributed by atoms with Crippen LogP contribution in [-0.2, 0) is 0 Å². The summed E-state index contributed by atoms with van der Waals surface area (Å²) in [5, 5.41) is 11.6. The van der Waals surface area contributed by atoms with Gasteiger partial charge in [-0.15, -0.1) is 12.4 Å². The molecule has 4 heteroatoms. The van der Waals surface area contributed by atoms with Gasteiger partial charge in [-0.05, 0) is 24.7 Å². The molecule has 0 aliphatic heterocycles. The van der Waals surface area contributed by atoms with Gasteiger partial charge in [0, 0.05) is 6.04 Å². The molecule has 0 spiro atoms. The van der Waals surface area contributed by atoms with Gasteiger partial charge < -0.3 is 10.4 Å². The molecular weight excluding hydrogens is 238 g/mol. The molecule has 2 unspecified atom stereocenters. The van der Waals surface area contributed by atoms with Crippen LogP contribution >= 0.6 is 12.4 Å². The van der Waals surface area contributed by atoms with Crippen LogP contribution in [-0.4, -0.2) is 17.2 Å². The van der Waals surface area contributed by atoms with Crippen molar-refractivity contribution in [1.29, 1.82) is 0 Å². The Balaban J connectivity index is 0.00000144. The lowest BCUT2D eigenvalue weighted by molar-refractivity contribution is 0.136. The topological polar surface area (TPSA) is 49.3 Å². The molecule has 2 fully saturated rings. The summed E-state index contributed by atoms with van der Waals surface area (Å²) in [5.41, 5.74) is 0. The first-order valence-corrected chi connectivity index (χ1v) is 6.77. The van der Waals surface area contributed by atoms with E-state index >= 15 is 0 Å². The van der Waals surface area contributed by atoms with Gasteiger partial charge in [-0.2, -0.15) is 0 Å². The number of carbonyl (C=O) groups is 1. The highest BCUT2D eigenvalue weighted by atomic mass is 35.5. The normalized spacial score (nSPS) is 30.4. The van der Waals surface area contributed by atoms with Crippen molar-refractivity contribution in [1.82, 2.24) is 5.32 Å². The van der Waals surface area contributed by atoms with E-state index < -0.39 is 6.09 Å². The van der Waals surface area contributed by atoms with Crippen LogP contribution in [0.1, 0.15) is 57.8 Å². The van der Waals surface area contributed by atoms with Gasteiger partial charge in [0.1, 0.15) is 0 Å². The van der Waals surface area contributed by atoms with Crippen LogP contribution in [0.2, 0.25) is 0 Å². The van der Waals surface area contributed by atoms with Crippen LogP contribution in [0, 0.1) is 11.8 Å². The summed E-state index contributed by atoms with van der Waals surface area (Å²) in [7, 11) is 0. The van der Waals surface area contributed by atoms with E-state index in [1.807, 2.05) is 0 Å². The van der Waals surface area contributed by atoms with E-state index in [-0.39, 0.29) is 18.4 Å². The van der Waals surface area contributed by atoms with Gasteiger partial charge in [-0.1, -0.05) is 44.9 Å². The molecule has 0 aromatic heterocycles. The number of halogens is 1. The zero-order valence-electron chi connectivity index (χ0n) is 10.4. The third-order valence-corrected chi connectivity index (χ3v) is 4.38. The molecule has 2 aliphatic carbocycles. The second-order valence-electron chi connectivity index (χ2n) is 5.40. The maximum atomic E-state index is 10.8. The molecule has 0 bridgehead atoms. The largest absolute Gasteiger partial charge is 0.465 e. The Morgan fingerprint density at radius 1 is 0.941 bits per heavy atom. The second-order valence-corrected chi connectivity index (χ2v) is 5.40. The lowest BCUT2D eigenvalue weighted by atomic mass is 9.71. The minimum Gasteiger partial charge on any atom is -0.465 e. The highest BCUT2D eigenvalue weighted by Crippen LogP contribution is 2.38. The highest BCUT2D eigenvalue weighted by molar-refractivity contribution is 5.85. The van der Waals surface area contributed by atoms with E-state index in [1.165, 1.54) is 51.4 Å². The molecule has 2 rings (SSSR count). The smallest absolute Gasteiger partial charge is 0.404 e. The van der Waals surface area contributed by atoms with Crippen molar-refractivity contribution < 1.29 is 9.90 Å². The fraction of sp³-hybridized carbons (Fsp3) is 0.923. The Kier molecular flexibility index (Phi) is 6.10. The summed E-state index contributed by atoms with van der Waals surface area (Å²) in [6.45, 7) is 0. The lowest BCUT2D eigenvalue weighted by Gasteiger charge is -2.38. The number of hydrogen-bond donors (Lipinski definition) is 2. The van der Waals surface area contributed by atoms with E-state index in [4.69, 9.17) is 5.11 Å². The standard InChI is InChI=1S/C13H23NO2.ClH/c15-13(16)14-12-9-5-4-8-11(12)10-6-2-1-3-7-10;/h10-12,14H,1-9H2,(H,15,16);1H. The molecule has 1 amide bonds. The molecule has 2 aliphatic rings. The van der Waals surface area contributed by atoms with Gasteiger partial charge in [0.25, 0.3) is 0 Å². The van der Waals surface area contributed by atoms with Gasteiger partial charge in [0.2, 0.25) is 0 Å². The number of rotatable bonds is 2. The van der Waals surface area contributed by atoms with E-state index in [0.717, 1.165) is 12.3 Å². The fourth-order valence-corrected chi connectivity index (χ4v) is 3.62. The molecule has 2 saturated carbocycles. The Morgan fingerprint density at radius 3 is 2.18 bits per heavy atom. The molecular formula is C13H24ClNO2. The van der Waals surface area contributed by atoms with Gasteiger partial charge in [-0.25, -0.2) is 4.79 Å². The molecule has 17 heavy (non-hydrogen) atoms. The summed E-state index contributed by atoms with van der Waals surface area (Å²) in [6.07, 6.45) is 10.6. The number of amides is 1. The Hall–Kier alpha value is -0.440. The first kappa shape index (κ1) is 14.6. The first-order chi connectivity index (χ1) is 7.77. The van der Waals surface area contributed by atoms with Crippen LogP contribution < -0.4 is 5.32 Å². The van der Waals surface area contributed by atoms with E-state index in [9.17, 15) is 4.79 Å². The number of nitrogens with one attached hydrogen (secondary N) is 1. The van der Waals surface area contributed by atoms with Crippen LogP contribution in [0.25, 0.3) is 0 Å². The van der Waals surface area contributed by atoms with Crippen molar-refractivity contribution in [2.24, 2.45) is 11.8 Å². The molecule has 0 radical (unpaired) electrons. The van der Waals surface area contributed by atoms with Gasteiger partial charge >= 0.3 is 6.09 Å². The average Bonchev–Trinajstić information content (AvgIpc) is 2.30. The number of hydrogen-bond acceptors (Lipinski definition) is 1. The summed E-state index contributed by atoms with van der Waals surface area (Å²) in [6, 6.07) is 0.231. The van der Waals surface area contributed by atoms with Crippen LogP contribution in [0.5, 0.6) is 0 Å². The zero-order chi connectivity index (χ0) is 11.4. The summed E-state index contributed by atoms with van der Waals surface area (Å²) < 4.78 is 0. The summed E-state index contributed by atoms with van der Waals surface area (Å²) in [5.74, 6) is 1.40. The molecule has 2 atom stereocenters. The summed E-state index contributed by atoms with van der Waals surface area (Å²) >= 11 is 0. The van der Waals surface area contributed by atoms with Crippen molar-refractivity contribution >= 4 is 18.5 Å². The van der Waals surface area contributed by atoms with E-state index in [2.05, 4.69) is 5.32 Å². The highest BCUT2D eigenvalue weighted by Gasteiger charge is 2.33. The quantitative estimate of drug-likeness (QED) is 0.794. The minimum absolute atomic E-state index is 0. The van der Waals surface area contributed by atoms with Crippen LogP contribution in [0.4, 0.5) is 4.79 Å². The maximum Gasteiger partial charge on any atom is 0.404 e. The molecule has 0 heterocycles. The summed E-state index contributed by atoms with van der Waals surface area (Å²) in [4.78, 5) is 10.8. The molecule has 0 aromatic rings. The van der Waals surface area contributed by atoms with Crippen molar-refractivity contribution in [2.45, 2.75) is 63.8 Å². The molecule has 0 aromatic carbocycles. The maximum absolute atomic E-state index is 10.8. The lowest BCUT2D eigenvalue weighted by Crippen LogP contribution is -2.44. The van der Waals surface area contributed by atoms with Crippen LogP contribution in [0.15, 0.2) is 0 Å².